The average molecular weight is 325 g/mol. The van der Waals surface area contributed by atoms with Crippen LogP contribution in [0.15, 0.2) is 42.5 Å². The summed E-state index contributed by atoms with van der Waals surface area (Å²) in [6.07, 6.45) is -4.76. The van der Waals surface area contributed by atoms with Crippen molar-refractivity contribution in [1.82, 2.24) is 0 Å². The van der Waals surface area contributed by atoms with E-state index < -0.39 is 29.2 Å². The Balaban J connectivity index is 2.39. The van der Waals surface area contributed by atoms with Gasteiger partial charge in [0, 0.05) is 5.69 Å². The predicted molar refractivity (Wildman–Crippen MR) is 74.5 cm³/mol. The van der Waals surface area contributed by atoms with Gasteiger partial charge in [-0.05, 0) is 30.3 Å². The van der Waals surface area contributed by atoms with Crippen LogP contribution in [0.2, 0.25) is 0 Å². The van der Waals surface area contributed by atoms with Gasteiger partial charge in [-0.15, -0.1) is 0 Å². The number of carbonyl (C=O) groups excluding carboxylic acids is 1. The molecule has 0 unspecified atom stereocenters. The lowest BCUT2D eigenvalue weighted by atomic mass is 10.1. The number of alkyl halides is 3. The first kappa shape index (κ1) is 16.3. The molecule has 0 saturated carbocycles. The van der Waals surface area contributed by atoms with Gasteiger partial charge in [0.15, 0.2) is 0 Å². The zero-order valence-corrected chi connectivity index (χ0v) is 11.4. The Hall–Kier alpha value is -3.03. The molecule has 0 aliphatic carbocycles. The van der Waals surface area contributed by atoms with Gasteiger partial charge in [0.2, 0.25) is 0 Å². The number of para-hydroxylation sites is 1. The molecule has 0 aliphatic rings. The SMILES string of the molecule is O=C(O)c1cc(NC(=O)c2ccccc2O)cc(C(F)(F)F)c1. The van der Waals surface area contributed by atoms with Crippen LogP contribution in [0, 0.1) is 0 Å². The van der Waals surface area contributed by atoms with Crippen molar-refractivity contribution in [3.63, 3.8) is 0 Å². The van der Waals surface area contributed by atoms with Crippen molar-refractivity contribution in [2.45, 2.75) is 6.18 Å². The molecule has 2 rings (SSSR count). The summed E-state index contributed by atoms with van der Waals surface area (Å²) in [6, 6.07) is 7.43. The van der Waals surface area contributed by atoms with E-state index >= 15 is 0 Å². The second-order valence-electron chi connectivity index (χ2n) is 4.57. The van der Waals surface area contributed by atoms with E-state index in [2.05, 4.69) is 5.32 Å². The number of nitrogens with one attached hydrogen (secondary N) is 1. The second kappa shape index (κ2) is 5.99. The summed E-state index contributed by atoms with van der Waals surface area (Å²) in [6.45, 7) is 0. The van der Waals surface area contributed by atoms with Crippen molar-refractivity contribution < 1.29 is 33.0 Å². The maximum atomic E-state index is 12.8. The van der Waals surface area contributed by atoms with E-state index in [-0.39, 0.29) is 17.0 Å². The monoisotopic (exact) mass is 325 g/mol. The molecule has 0 aliphatic heterocycles. The number of carboxylic acids is 1. The van der Waals surface area contributed by atoms with Crippen LogP contribution in [0.5, 0.6) is 5.75 Å². The topological polar surface area (TPSA) is 86.6 Å². The normalized spacial score (nSPS) is 11.1. The Morgan fingerprint density at radius 1 is 1.04 bits per heavy atom. The number of carbonyl (C=O) groups is 2. The number of phenolic OH excluding ortho intramolecular Hbond substituents is 1. The van der Waals surface area contributed by atoms with Crippen molar-refractivity contribution >= 4 is 17.6 Å². The number of hydrogen-bond donors (Lipinski definition) is 3. The number of rotatable bonds is 3. The van der Waals surface area contributed by atoms with Gasteiger partial charge < -0.3 is 15.5 Å². The number of amides is 1. The fourth-order valence-electron chi connectivity index (χ4n) is 1.85. The molecule has 0 atom stereocenters. The van der Waals surface area contributed by atoms with E-state index in [4.69, 9.17) is 5.11 Å². The van der Waals surface area contributed by atoms with E-state index in [1.807, 2.05) is 0 Å². The van der Waals surface area contributed by atoms with Gasteiger partial charge in [0.1, 0.15) is 5.75 Å². The highest BCUT2D eigenvalue weighted by Crippen LogP contribution is 2.32. The van der Waals surface area contributed by atoms with E-state index in [9.17, 15) is 27.9 Å². The van der Waals surface area contributed by atoms with Crippen molar-refractivity contribution in [1.29, 1.82) is 0 Å². The van der Waals surface area contributed by atoms with Gasteiger partial charge >= 0.3 is 12.1 Å². The number of aromatic carboxylic acids is 1. The van der Waals surface area contributed by atoms with Crippen molar-refractivity contribution in [3.8, 4) is 5.75 Å². The van der Waals surface area contributed by atoms with Crippen LogP contribution < -0.4 is 5.32 Å². The fraction of sp³-hybridized carbons (Fsp3) is 0.0667. The Morgan fingerprint density at radius 2 is 1.70 bits per heavy atom. The first-order chi connectivity index (χ1) is 10.7. The Kier molecular flexibility index (Phi) is 4.26. The first-order valence-corrected chi connectivity index (χ1v) is 6.23. The molecule has 0 spiro atoms. The molecule has 0 radical (unpaired) electrons. The molecule has 120 valence electrons. The molecule has 3 N–H and O–H groups in total. The molecule has 0 fully saturated rings. The first-order valence-electron chi connectivity index (χ1n) is 6.23. The molecule has 0 bridgehead atoms. The number of aromatic hydroxyl groups is 1. The predicted octanol–water partition coefficient (Wildman–Crippen LogP) is 3.36. The number of benzene rings is 2. The summed E-state index contributed by atoms with van der Waals surface area (Å²) in [7, 11) is 0. The highest BCUT2D eigenvalue weighted by Gasteiger charge is 2.32. The highest BCUT2D eigenvalue weighted by atomic mass is 19.4. The van der Waals surface area contributed by atoms with Gasteiger partial charge in [-0.25, -0.2) is 4.79 Å². The molecule has 0 heterocycles. The van der Waals surface area contributed by atoms with Gasteiger partial charge in [-0.2, -0.15) is 13.2 Å². The lowest BCUT2D eigenvalue weighted by molar-refractivity contribution is -0.137. The summed E-state index contributed by atoms with van der Waals surface area (Å²) < 4.78 is 38.4. The lowest BCUT2D eigenvalue weighted by Gasteiger charge is -2.12. The maximum Gasteiger partial charge on any atom is 0.416 e. The van der Waals surface area contributed by atoms with E-state index in [1.54, 1.807) is 0 Å². The smallest absolute Gasteiger partial charge is 0.416 e. The Labute approximate surface area is 128 Å². The van der Waals surface area contributed by atoms with Crippen LogP contribution in [-0.4, -0.2) is 22.1 Å². The van der Waals surface area contributed by atoms with Gasteiger partial charge in [0.05, 0.1) is 16.7 Å². The number of phenols is 1. The zero-order chi connectivity index (χ0) is 17.2. The third-order valence-electron chi connectivity index (χ3n) is 2.91. The Bertz CT molecular complexity index is 772. The number of anilines is 1. The fourth-order valence-corrected chi connectivity index (χ4v) is 1.85. The summed E-state index contributed by atoms with van der Waals surface area (Å²) in [4.78, 5) is 22.9. The minimum atomic E-state index is -4.76. The molecule has 23 heavy (non-hydrogen) atoms. The van der Waals surface area contributed by atoms with Gasteiger partial charge in [-0.1, -0.05) is 12.1 Å². The van der Waals surface area contributed by atoms with Crippen LogP contribution in [0.1, 0.15) is 26.3 Å². The van der Waals surface area contributed by atoms with Crippen LogP contribution in [0.25, 0.3) is 0 Å². The number of hydrogen-bond acceptors (Lipinski definition) is 3. The standard InChI is InChI=1S/C15H10F3NO4/c16-15(17,18)9-5-8(14(22)23)6-10(7-9)19-13(21)11-3-1-2-4-12(11)20/h1-7,20H,(H,19,21)(H,22,23). The maximum absolute atomic E-state index is 12.8. The van der Waals surface area contributed by atoms with Gasteiger partial charge in [-0.3, -0.25) is 4.79 Å². The second-order valence-corrected chi connectivity index (χ2v) is 4.57. The number of carboxylic acid groups (broad SMARTS) is 1. The third-order valence-corrected chi connectivity index (χ3v) is 2.91. The summed E-state index contributed by atoms with van der Waals surface area (Å²) in [5, 5.41) is 20.6. The molecular formula is C15H10F3NO4. The largest absolute Gasteiger partial charge is 0.507 e. The summed E-state index contributed by atoms with van der Waals surface area (Å²) >= 11 is 0. The molecule has 1 amide bonds. The minimum Gasteiger partial charge on any atom is -0.507 e. The minimum absolute atomic E-state index is 0.151. The van der Waals surface area contributed by atoms with Crippen molar-refractivity contribution in [2.75, 3.05) is 5.32 Å². The van der Waals surface area contributed by atoms with Crippen LogP contribution in [0.3, 0.4) is 0 Å². The Morgan fingerprint density at radius 3 is 2.26 bits per heavy atom. The van der Waals surface area contributed by atoms with E-state index in [0.717, 1.165) is 6.07 Å². The molecule has 8 heteroatoms. The van der Waals surface area contributed by atoms with Crippen molar-refractivity contribution in [3.05, 3.63) is 59.2 Å². The number of halogens is 3. The van der Waals surface area contributed by atoms with E-state index in [0.29, 0.717) is 12.1 Å². The molecule has 2 aromatic rings. The highest BCUT2D eigenvalue weighted by molar-refractivity contribution is 6.06. The molecular weight excluding hydrogens is 315 g/mol. The molecule has 2 aromatic carbocycles. The van der Waals surface area contributed by atoms with Gasteiger partial charge in [0.25, 0.3) is 5.91 Å². The third kappa shape index (κ3) is 3.79. The summed E-state index contributed by atoms with van der Waals surface area (Å²) in [5.41, 5.74) is -2.32. The lowest BCUT2D eigenvalue weighted by Crippen LogP contribution is -2.14. The average Bonchev–Trinajstić information content (AvgIpc) is 2.46. The molecule has 0 saturated heterocycles. The zero-order valence-electron chi connectivity index (χ0n) is 11.4. The quantitative estimate of drug-likeness (QED) is 0.807. The molecule has 0 aromatic heterocycles. The van der Waals surface area contributed by atoms with Crippen molar-refractivity contribution in [2.24, 2.45) is 0 Å². The summed E-state index contributed by atoms with van der Waals surface area (Å²) in [5.74, 6) is -2.77. The molecule has 5 nitrogen and oxygen atoms in total. The van der Waals surface area contributed by atoms with Crippen LogP contribution in [0.4, 0.5) is 18.9 Å². The van der Waals surface area contributed by atoms with Crippen LogP contribution >= 0.6 is 0 Å². The van der Waals surface area contributed by atoms with Crippen LogP contribution in [-0.2, 0) is 6.18 Å². The van der Waals surface area contributed by atoms with E-state index in [1.165, 1.54) is 24.3 Å².